The van der Waals surface area contributed by atoms with Crippen LogP contribution >= 0.6 is 0 Å². The molecule has 140 valence electrons. The summed E-state index contributed by atoms with van der Waals surface area (Å²) in [6.07, 6.45) is 12.9. The molecule has 1 atom stereocenters. The molecule has 0 aromatic carbocycles. The van der Waals surface area contributed by atoms with Gasteiger partial charge in [-0.3, -0.25) is 14.6 Å². The van der Waals surface area contributed by atoms with E-state index in [-0.39, 0.29) is 17.7 Å². The molecule has 1 unspecified atom stereocenters. The van der Waals surface area contributed by atoms with Crippen LogP contribution in [0, 0.1) is 5.92 Å². The van der Waals surface area contributed by atoms with Gasteiger partial charge in [0.25, 0.3) is 0 Å². The van der Waals surface area contributed by atoms with Crippen molar-refractivity contribution in [3.8, 4) is 0 Å². The molecule has 0 saturated carbocycles. The third-order valence-corrected chi connectivity index (χ3v) is 5.51. The van der Waals surface area contributed by atoms with Gasteiger partial charge in [-0.1, -0.05) is 11.6 Å². The van der Waals surface area contributed by atoms with Gasteiger partial charge in [0.15, 0.2) is 0 Å². The molecule has 1 aromatic heterocycles. The Morgan fingerprint density at radius 2 is 2.08 bits per heavy atom. The molecule has 1 fully saturated rings. The van der Waals surface area contributed by atoms with Gasteiger partial charge in [0.1, 0.15) is 0 Å². The van der Waals surface area contributed by atoms with Crippen LogP contribution in [0.1, 0.15) is 44.1 Å². The minimum atomic E-state index is -0.190. The van der Waals surface area contributed by atoms with Crippen molar-refractivity contribution in [1.82, 2.24) is 14.8 Å². The summed E-state index contributed by atoms with van der Waals surface area (Å²) in [5.74, 6) is 0.0272. The smallest absolute Gasteiger partial charge is 0.227 e. The number of likely N-dealkylation sites (N-methyl/N-ethyl adjacent to an activating group) is 1. The number of pyridine rings is 1. The summed E-state index contributed by atoms with van der Waals surface area (Å²) in [6, 6.07) is 3.94. The first-order valence-corrected chi connectivity index (χ1v) is 9.73. The van der Waals surface area contributed by atoms with Crippen molar-refractivity contribution < 1.29 is 9.59 Å². The number of carbonyl (C=O) groups is 2. The van der Waals surface area contributed by atoms with E-state index in [9.17, 15) is 9.59 Å². The number of hydrogen-bond acceptors (Lipinski definition) is 3. The summed E-state index contributed by atoms with van der Waals surface area (Å²) < 4.78 is 0. The van der Waals surface area contributed by atoms with Crippen LogP contribution in [0.4, 0.5) is 0 Å². The van der Waals surface area contributed by atoms with Crippen LogP contribution in [0.2, 0.25) is 0 Å². The summed E-state index contributed by atoms with van der Waals surface area (Å²) in [5, 5.41) is 0. The van der Waals surface area contributed by atoms with Crippen molar-refractivity contribution in [3.63, 3.8) is 0 Å². The number of aromatic nitrogens is 1. The summed E-state index contributed by atoms with van der Waals surface area (Å²) in [7, 11) is 1.84. The first-order valence-electron chi connectivity index (χ1n) is 9.73. The molecule has 3 rings (SSSR count). The van der Waals surface area contributed by atoms with Gasteiger partial charge >= 0.3 is 0 Å². The Kier molecular flexibility index (Phi) is 6.42. The van der Waals surface area contributed by atoms with Gasteiger partial charge in [0.05, 0.1) is 5.92 Å². The molecule has 1 aromatic rings. The molecule has 1 saturated heterocycles. The quantitative estimate of drug-likeness (QED) is 0.707. The fraction of sp³-hybridized carbons (Fsp3) is 0.571. The normalized spacial score (nSPS) is 20.2. The molecular formula is C21H29N3O2. The Balaban J connectivity index is 1.45. The van der Waals surface area contributed by atoms with Crippen molar-refractivity contribution in [2.45, 2.75) is 44.9 Å². The average Bonchev–Trinajstić information content (AvgIpc) is 3.06. The second-order valence-electron chi connectivity index (χ2n) is 7.46. The first-order chi connectivity index (χ1) is 12.6. The molecule has 1 aliphatic carbocycles. The van der Waals surface area contributed by atoms with Crippen LogP contribution in [0.15, 0.2) is 36.2 Å². The molecular weight excluding hydrogens is 326 g/mol. The lowest BCUT2D eigenvalue weighted by molar-refractivity contribution is -0.134. The lowest BCUT2D eigenvalue weighted by atomic mass is 9.97. The first kappa shape index (κ1) is 18.6. The molecule has 0 radical (unpaired) electrons. The minimum absolute atomic E-state index is 0.0896. The summed E-state index contributed by atoms with van der Waals surface area (Å²) in [5.41, 5.74) is 2.65. The maximum atomic E-state index is 12.7. The van der Waals surface area contributed by atoms with Gasteiger partial charge in [0, 0.05) is 45.5 Å². The number of carbonyl (C=O) groups excluding carboxylic acids is 2. The average molecular weight is 355 g/mol. The Morgan fingerprint density at radius 1 is 1.27 bits per heavy atom. The summed E-state index contributed by atoms with van der Waals surface area (Å²) in [4.78, 5) is 32.6. The van der Waals surface area contributed by atoms with Crippen LogP contribution in [0.5, 0.6) is 0 Å². The molecule has 26 heavy (non-hydrogen) atoms. The van der Waals surface area contributed by atoms with E-state index in [1.54, 1.807) is 17.3 Å². The molecule has 2 aliphatic rings. The maximum absolute atomic E-state index is 12.7. The predicted molar refractivity (Wildman–Crippen MR) is 101 cm³/mol. The Morgan fingerprint density at radius 3 is 2.81 bits per heavy atom. The van der Waals surface area contributed by atoms with Gasteiger partial charge in [-0.05, 0) is 56.2 Å². The highest BCUT2D eigenvalue weighted by Gasteiger charge is 2.35. The van der Waals surface area contributed by atoms with Crippen molar-refractivity contribution >= 4 is 11.8 Å². The Bertz CT molecular complexity index is 656. The second-order valence-corrected chi connectivity index (χ2v) is 7.46. The number of allylic oxidation sites excluding steroid dienone is 1. The lowest BCUT2D eigenvalue weighted by Crippen LogP contribution is -2.36. The fourth-order valence-corrected chi connectivity index (χ4v) is 3.83. The number of rotatable bonds is 7. The Hall–Kier alpha value is -2.17. The van der Waals surface area contributed by atoms with Gasteiger partial charge in [-0.15, -0.1) is 0 Å². The summed E-state index contributed by atoms with van der Waals surface area (Å²) >= 11 is 0. The topological polar surface area (TPSA) is 53.5 Å². The molecule has 2 heterocycles. The zero-order valence-electron chi connectivity index (χ0n) is 15.7. The third kappa shape index (κ3) is 4.93. The molecule has 5 nitrogen and oxygen atoms in total. The number of hydrogen-bond donors (Lipinski definition) is 0. The highest BCUT2D eigenvalue weighted by Crippen LogP contribution is 2.24. The molecule has 0 spiro atoms. The van der Waals surface area contributed by atoms with E-state index in [2.05, 4.69) is 11.1 Å². The fourth-order valence-electron chi connectivity index (χ4n) is 3.83. The molecule has 0 bridgehead atoms. The maximum Gasteiger partial charge on any atom is 0.227 e. The van der Waals surface area contributed by atoms with Crippen molar-refractivity contribution in [3.05, 3.63) is 41.7 Å². The summed E-state index contributed by atoms with van der Waals surface area (Å²) in [6.45, 7) is 2.00. The van der Waals surface area contributed by atoms with Crippen molar-refractivity contribution in [1.29, 1.82) is 0 Å². The van der Waals surface area contributed by atoms with Gasteiger partial charge in [-0.25, -0.2) is 0 Å². The van der Waals surface area contributed by atoms with E-state index < -0.39 is 0 Å². The number of nitrogens with zero attached hydrogens (tertiary/aromatic N) is 3. The highest BCUT2D eigenvalue weighted by molar-refractivity contribution is 5.89. The van der Waals surface area contributed by atoms with Gasteiger partial charge < -0.3 is 9.80 Å². The second kappa shape index (κ2) is 8.97. The highest BCUT2D eigenvalue weighted by atomic mass is 16.2. The standard InChI is InChI=1S/C21H29N3O2/c1-23(13-9-18-7-11-22-12-8-18)21(26)19-15-20(25)24(16-19)14-10-17-5-3-2-4-6-17/h5,7-8,11-12,19H,2-4,6,9-10,13-16H2,1H3. The van der Waals surface area contributed by atoms with E-state index in [1.807, 2.05) is 24.1 Å². The molecule has 1 aliphatic heterocycles. The van der Waals surface area contributed by atoms with E-state index in [0.717, 1.165) is 19.4 Å². The van der Waals surface area contributed by atoms with E-state index in [0.29, 0.717) is 19.5 Å². The van der Waals surface area contributed by atoms with E-state index in [1.165, 1.54) is 36.8 Å². The van der Waals surface area contributed by atoms with Crippen LogP contribution in [0.25, 0.3) is 0 Å². The van der Waals surface area contributed by atoms with Crippen LogP contribution < -0.4 is 0 Å². The lowest BCUT2D eigenvalue weighted by Gasteiger charge is -2.22. The minimum Gasteiger partial charge on any atom is -0.345 e. The zero-order chi connectivity index (χ0) is 18.4. The number of amides is 2. The van der Waals surface area contributed by atoms with Gasteiger partial charge in [-0.2, -0.15) is 0 Å². The zero-order valence-corrected chi connectivity index (χ0v) is 15.7. The monoisotopic (exact) mass is 355 g/mol. The SMILES string of the molecule is CN(CCc1ccncc1)C(=O)C1CC(=O)N(CCC2=CCCCC2)C1. The van der Waals surface area contributed by atoms with Crippen molar-refractivity contribution in [2.75, 3.05) is 26.7 Å². The predicted octanol–water partition coefficient (Wildman–Crippen LogP) is 2.82. The molecule has 2 amide bonds. The largest absolute Gasteiger partial charge is 0.345 e. The van der Waals surface area contributed by atoms with Crippen molar-refractivity contribution in [2.24, 2.45) is 5.92 Å². The van der Waals surface area contributed by atoms with Crippen LogP contribution in [0.3, 0.4) is 0 Å². The third-order valence-electron chi connectivity index (χ3n) is 5.51. The Labute approximate surface area is 156 Å². The number of likely N-dealkylation sites (tertiary alicyclic amines) is 1. The van der Waals surface area contributed by atoms with E-state index >= 15 is 0 Å². The molecule has 5 heteroatoms. The van der Waals surface area contributed by atoms with Crippen LogP contribution in [-0.2, 0) is 16.0 Å². The van der Waals surface area contributed by atoms with Crippen LogP contribution in [-0.4, -0.2) is 53.3 Å². The van der Waals surface area contributed by atoms with Gasteiger partial charge in [0.2, 0.25) is 11.8 Å². The van der Waals surface area contributed by atoms with E-state index in [4.69, 9.17) is 0 Å². The molecule has 0 N–H and O–H groups in total.